The van der Waals surface area contributed by atoms with E-state index in [2.05, 4.69) is 148 Å². The summed E-state index contributed by atoms with van der Waals surface area (Å²) >= 11 is 0. The summed E-state index contributed by atoms with van der Waals surface area (Å²) in [6.07, 6.45) is 37.2. The van der Waals surface area contributed by atoms with E-state index < -0.39 is 0 Å². The van der Waals surface area contributed by atoms with Crippen LogP contribution in [0.4, 0.5) is 0 Å². The Morgan fingerprint density at radius 3 is 2.15 bits per heavy atom. The highest BCUT2D eigenvalue weighted by Gasteiger charge is 2.26. The fourth-order valence-corrected chi connectivity index (χ4v) is 5.64. The van der Waals surface area contributed by atoms with Crippen LogP contribution in [0.1, 0.15) is 107 Å². The van der Waals surface area contributed by atoms with Crippen molar-refractivity contribution in [2.24, 2.45) is 10.8 Å². The van der Waals surface area contributed by atoms with E-state index in [9.17, 15) is 0 Å². The Hall–Kier alpha value is -2.86. The molecular weight excluding hydrogens is 480 g/mol. The summed E-state index contributed by atoms with van der Waals surface area (Å²) in [7, 11) is 0. The molecule has 0 nitrogen and oxygen atoms in total. The number of rotatable bonds is 11. The van der Waals surface area contributed by atoms with Crippen LogP contribution in [0.25, 0.3) is 0 Å². The molecule has 0 spiro atoms. The van der Waals surface area contributed by atoms with E-state index in [0.29, 0.717) is 5.41 Å². The SMILES string of the molecule is C=C1CC=CC(C)(C)/C1=C/C=C(\C)CCC/C(C)=C/C=C/C=C(C)/C=C/C=C(C)/C=C/C1=C(C)CCCC1(C)C. The minimum absolute atomic E-state index is 0.0800. The third-order valence-electron chi connectivity index (χ3n) is 8.28. The van der Waals surface area contributed by atoms with E-state index in [0.717, 1.165) is 19.3 Å². The standard InChI is InChI=1S/C40H56/c1-31(19-13-21-33(3)25-27-37-35(5)23-15-29-39(37,7)8)17-11-12-18-32(2)20-14-22-34(4)26-28-38-36(6)24-16-30-40(38,9)10/h11-12,14-15,17-18,20,22,25-29H,5,13,16,19,21,23-24,30H2,1-4,6-10H3/b12-11+,20-14+,28-26+,31-17+,32-18+,33-25+,34-22+,37-27+. The molecule has 0 N–H and O–H groups in total. The van der Waals surface area contributed by atoms with Crippen LogP contribution in [0, 0.1) is 10.8 Å². The maximum atomic E-state index is 4.27. The zero-order valence-corrected chi connectivity index (χ0v) is 27.2. The Morgan fingerprint density at radius 1 is 0.850 bits per heavy atom. The molecule has 40 heavy (non-hydrogen) atoms. The monoisotopic (exact) mass is 536 g/mol. The first kappa shape index (κ1) is 33.3. The number of allylic oxidation sites excluding steroid dienone is 21. The Balaban J connectivity index is 1.81. The zero-order chi connectivity index (χ0) is 29.8. The van der Waals surface area contributed by atoms with E-state index >= 15 is 0 Å². The average Bonchev–Trinajstić information content (AvgIpc) is 2.85. The first-order valence-corrected chi connectivity index (χ1v) is 15.3. The molecule has 2 aliphatic rings. The molecule has 0 bridgehead atoms. The lowest BCUT2D eigenvalue weighted by molar-refractivity contribution is 0.377. The van der Waals surface area contributed by atoms with Gasteiger partial charge in [0.05, 0.1) is 0 Å². The second kappa shape index (κ2) is 15.8. The lowest BCUT2D eigenvalue weighted by Crippen LogP contribution is -2.19. The van der Waals surface area contributed by atoms with Crippen LogP contribution >= 0.6 is 0 Å². The average molecular weight is 537 g/mol. The predicted octanol–water partition coefficient (Wildman–Crippen LogP) is 12.6. The van der Waals surface area contributed by atoms with Crippen LogP contribution < -0.4 is 0 Å². The van der Waals surface area contributed by atoms with Crippen molar-refractivity contribution in [3.8, 4) is 0 Å². The van der Waals surface area contributed by atoms with Gasteiger partial charge in [0.15, 0.2) is 0 Å². The van der Waals surface area contributed by atoms with Gasteiger partial charge in [0.25, 0.3) is 0 Å². The van der Waals surface area contributed by atoms with Crippen molar-refractivity contribution in [2.75, 3.05) is 0 Å². The van der Waals surface area contributed by atoms with Crippen molar-refractivity contribution >= 4 is 0 Å². The Labute approximate surface area is 247 Å². The molecule has 2 rings (SSSR count). The minimum atomic E-state index is 0.0800. The summed E-state index contributed by atoms with van der Waals surface area (Å²) in [5, 5.41) is 0. The van der Waals surface area contributed by atoms with Gasteiger partial charge in [-0.2, -0.15) is 0 Å². The molecule has 0 radical (unpaired) electrons. The fraction of sp³-hybridized carbons (Fsp3) is 0.450. The highest BCUT2D eigenvalue weighted by atomic mass is 14.3. The van der Waals surface area contributed by atoms with Crippen LogP contribution in [0.15, 0.2) is 130 Å². The van der Waals surface area contributed by atoms with Gasteiger partial charge in [-0.3, -0.25) is 0 Å². The van der Waals surface area contributed by atoms with Gasteiger partial charge in [0.2, 0.25) is 0 Å². The van der Waals surface area contributed by atoms with Crippen molar-refractivity contribution in [2.45, 2.75) is 107 Å². The molecule has 0 atom stereocenters. The molecule has 216 valence electrons. The summed E-state index contributed by atoms with van der Waals surface area (Å²) in [5.41, 5.74) is 11.4. The van der Waals surface area contributed by atoms with Crippen LogP contribution in [0.3, 0.4) is 0 Å². The molecule has 0 aromatic heterocycles. The zero-order valence-electron chi connectivity index (χ0n) is 27.2. The molecule has 0 saturated heterocycles. The third-order valence-corrected chi connectivity index (χ3v) is 8.28. The van der Waals surface area contributed by atoms with Gasteiger partial charge in [-0.25, -0.2) is 0 Å². The molecule has 0 aliphatic heterocycles. The molecule has 0 aromatic rings. The number of hydrogen-bond acceptors (Lipinski definition) is 0. The van der Waals surface area contributed by atoms with Gasteiger partial charge in [-0.05, 0) is 102 Å². The first-order chi connectivity index (χ1) is 18.8. The Bertz CT molecular complexity index is 1200. The molecule has 2 aliphatic carbocycles. The van der Waals surface area contributed by atoms with Crippen molar-refractivity contribution in [3.63, 3.8) is 0 Å². The molecule has 0 saturated carbocycles. The summed E-state index contributed by atoms with van der Waals surface area (Å²) in [6.45, 7) is 24.7. The Kier molecular flexibility index (Phi) is 13.2. The van der Waals surface area contributed by atoms with Crippen molar-refractivity contribution in [1.29, 1.82) is 0 Å². The molecule has 0 fully saturated rings. The topological polar surface area (TPSA) is 0 Å². The molecule has 0 heteroatoms. The summed E-state index contributed by atoms with van der Waals surface area (Å²) in [4.78, 5) is 0. The largest absolute Gasteiger partial charge is 0.0952 e. The second-order valence-electron chi connectivity index (χ2n) is 13.2. The van der Waals surface area contributed by atoms with Gasteiger partial charge in [-0.15, -0.1) is 0 Å². The summed E-state index contributed by atoms with van der Waals surface area (Å²) in [5.74, 6) is 0. The van der Waals surface area contributed by atoms with Crippen molar-refractivity contribution in [1.82, 2.24) is 0 Å². The summed E-state index contributed by atoms with van der Waals surface area (Å²) in [6, 6.07) is 0. The van der Waals surface area contributed by atoms with Crippen LogP contribution in [-0.2, 0) is 0 Å². The van der Waals surface area contributed by atoms with Gasteiger partial charge in [-0.1, -0.05) is 141 Å². The quantitative estimate of drug-likeness (QED) is 0.182. The van der Waals surface area contributed by atoms with E-state index in [1.165, 1.54) is 64.7 Å². The maximum absolute atomic E-state index is 4.27. The van der Waals surface area contributed by atoms with E-state index in [-0.39, 0.29) is 5.41 Å². The van der Waals surface area contributed by atoms with E-state index in [1.54, 1.807) is 5.57 Å². The molecule has 0 unspecified atom stereocenters. The smallest absolute Gasteiger partial charge is 0.00780 e. The van der Waals surface area contributed by atoms with Crippen LogP contribution in [0.2, 0.25) is 0 Å². The highest BCUT2D eigenvalue weighted by Crippen LogP contribution is 2.41. The van der Waals surface area contributed by atoms with Gasteiger partial charge >= 0.3 is 0 Å². The molecule has 0 amide bonds. The first-order valence-electron chi connectivity index (χ1n) is 15.3. The molecule has 0 aromatic carbocycles. The lowest BCUT2D eigenvalue weighted by Gasteiger charge is -2.32. The highest BCUT2D eigenvalue weighted by molar-refractivity contribution is 5.44. The van der Waals surface area contributed by atoms with Gasteiger partial charge < -0.3 is 0 Å². The second-order valence-corrected chi connectivity index (χ2v) is 13.2. The molecular formula is C40H56. The van der Waals surface area contributed by atoms with Gasteiger partial charge in [0.1, 0.15) is 0 Å². The Morgan fingerprint density at radius 2 is 1.48 bits per heavy atom. The third kappa shape index (κ3) is 11.3. The van der Waals surface area contributed by atoms with E-state index in [1.807, 2.05) is 0 Å². The van der Waals surface area contributed by atoms with Crippen molar-refractivity contribution < 1.29 is 0 Å². The maximum Gasteiger partial charge on any atom is 0.00780 e. The lowest BCUT2D eigenvalue weighted by atomic mass is 9.72. The van der Waals surface area contributed by atoms with Crippen LogP contribution in [-0.4, -0.2) is 0 Å². The summed E-state index contributed by atoms with van der Waals surface area (Å²) < 4.78 is 0. The fourth-order valence-electron chi connectivity index (χ4n) is 5.64. The van der Waals surface area contributed by atoms with E-state index in [4.69, 9.17) is 0 Å². The molecule has 0 heterocycles. The number of hydrogen-bond donors (Lipinski definition) is 0. The predicted molar refractivity (Wildman–Crippen MR) is 181 cm³/mol. The minimum Gasteiger partial charge on any atom is -0.0952 e. The van der Waals surface area contributed by atoms with Crippen LogP contribution in [0.5, 0.6) is 0 Å². The normalized spacial score (nSPS) is 22.1. The van der Waals surface area contributed by atoms with Gasteiger partial charge in [0, 0.05) is 5.41 Å². The van der Waals surface area contributed by atoms with Crippen molar-refractivity contribution in [3.05, 3.63) is 130 Å².